The molecular weight excluding hydrogens is 831 g/mol. The van der Waals surface area contributed by atoms with Crippen molar-refractivity contribution in [2.75, 3.05) is 0 Å². The second kappa shape index (κ2) is 16.0. The van der Waals surface area contributed by atoms with Gasteiger partial charge < -0.3 is 5.11 Å². The van der Waals surface area contributed by atoms with Crippen molar-refractivity contribution in [2.24, 2.45) is 10.8 Å². The number of rotatable bonds is 9. The molecule has 3 aromatic carbocycles. The van der Waals surface area contributed by atoms with E-state index in [-0.39, 0.29) is 47.9 Å². The van der Waals surface area contributed by atoms with E-state index in [4.69, 9.17) is 4.98 Å². The first-order chi connectivity index (χ1) is 23.3. The molecule has 0 aliphatic carbocycles. The number of carbonyl (C=O) groups excluding carboxylic acids is 1. The molecule has 1 radical (unpaired) electrons. The molecule has 6 heteroatoms. The molecule has 0 unspecified atom stereocenters. The molecule has 6 rings (SSSR count). The Morgan fingerprint density at radius 3 is 2.06 bits per heavy atom. The van der Waals surface area contributed by atoms with Gasteiger partial charge in [0.25, 0.3) is 0 Å². The maximum atomic E-state index is 12.2. The molecule has 6 aromatic rings. The molecule has 1 N–H and O–H groups in total. The normalized spacial score (nSPS) is 12.5. The molecule has 0 saturated heterocycles. The number of nitrogens with zero attached hydrogens (tertiary/aromatic N) is 1. The predicted octanol–water partition coefficient (Wildman–Crippen LogP) is 13.7. The number of ketones is 1. The number of aliphatic hydroxyl groups excluding tert-OH is 1. The van der Waals surface area contributed by atoms with Crippen LogP contribution in [0.15, 0.2) is 90.1 Å². The number of hydrogen-bond acceptors (Lipinski definition) is 5. The van der Waals surface area contributed by atoms with E-state index in [0.717, 1.165) is 42.3 Å². The van der Waals surface area contributed by atoms with Crippen LogP contribution in [0.2, 0.25) is 0 Å². The smallest absolute Gasteiger partial charge is 0.164 e. The first kappa shape index (κ1) is 39.6. The third-order valence-corrected chi connectivity index (χ3v) is 12.7. The summed E-state index contributed by atoms with van der Waals surface area (Å²) in [5.41, 5.74) is 4.16. The molecular formula is C44H50IrNO2S2-. The van der Waals surface area contributed by atoms with Crippen molar-refractivity contribution in [3.05, 3.63) is 102 Å². The van der Waals surface area contributed by atoms with Crippen LogP contribution in [0.1, 0.15) is 93.6 Å². The van der Waals surface area contributed by atoms with Crippen LogP contribution in [0.5, 0.6) is 0 Å². The van der Waals surface area contributed by atoms with Gasteiger partial charge in [0.2, 0.25) is 0 Å². The fraction of sp³-hybridized carbons (Fsp3) is 0.364. The van der Waals surface area contributed by atoms with Gasteiger partial charge in [0.1, 0.15) is 5.76 Å². The molecule has 0 saturated carbocycles. The maximum Gasteiger partial charge on any atom is 0.164 e. The third-order valence-electron chi connectivity index (χ3n) is 10.6. The van der Waals surface area contributed by atoms with Gasteiger partial charge in [-0.2, -0.15) is 0 Å². The molecule has 0 spiro atoms. The number of fused-ring (bicyclic) bond motifs is 3. The Labute approximate surface area is 320 Å². The Hall–Kier alpha value is -3.15. The van der Waals surface area contributed by atoms with Gasteiger partial charge in [-0.05, 0) is 54.7 Å². The monoisotopic (exact) mass is 881 g/mol. The van der Waals surface area contributed by atoms with Gasteiger partial charge >= 0.3 is 0 Å². The van der Waals surface area contributed by atoms with Crippen LogP contribution in [-0.2, 0) is 30.3 Å². The molecule has 3 nitrogen and oxygen atoms in total. The topological polar surface area (TPSA) is 50.2 Å². The standard InChI is InChI=1S/C29H22NS2.C15H28O2.Ir/c1-29(2,3)24-15-19(14-18-8-4-5-9-20(18)24)28-22-16-27(32-26(22)12-13-30-28)23-17-31-25-11-7-6-10-21(23)25;1-7-14(5,8-2)12(16)11-13(17)15(6,9-3)10-4;/h4-13,15-17H,1-3H3;11,16H,7-10H2,1-6H3;/q-1;;/b;12-11-;. The maximum absolute atomic E-state index is 12.2. The molecule has 265 valence electrons. The van der Waals surface area contributed by atoms with E-state index < -0.39 is 0 Å². The summed E-state index contributed by atoms with van der Waals surface area (Å²) in [6.45, 7) is 18.9. The number of aromatic nitrogens is 1. The fourth-order valence-electron chi connectivity index (χ4n) is 6.14. The zero-order valence-corrected chi connectivity index (χ0v) is 34.9. The molecule has 0 bridgehead atoms. The fourth-order valence-corrected chi connectivity index (χ4v) is 8.26. The number of pyridine rings is 1. The summed E-state index contributed by atoms with van der Waals surface area (Å²) < 4.78 is 2.59. The molecule has 0 aliphatic heterocycles. The van der Waals surface area contributed by atoms with E-state index in [1.165, 1.54) is 47.6 Å². The third kappa shape index (κ3) is 8.00. The summed E-state index contributed by atoms with van der Waals surface area (Å²) in [6.07, 6.45) is 6.69. The Bertz CT molecular complexity index is 2120. The van der Waals surface area contributed by atoms with E-state index in [9.17, 15) is 9.90 Å². The summed E-state index contributed by atoms with van der Waals surface area (Å²) in [5, 5.41) is 17.4. The van der Waals surface area contributed by atoms with Crippen LogP contribution in [0, 0.1) is 16.9 Å². The summed E-state index contributed by atoms with van der Waals surface area (Å²) >= 11 is 3.66. The number of carbonyl (C=O) groups is 1. The first-order valence-electron chi connectivity index (χ1n) is 17.5. The van der Waals surface area contributed by atoms with E-state index in [0.29, 0.717) is 0 Å². The van der Waals surface area contributed by atoms with Gasteiger partial charge in [0.05, 0.1) is 0 Å². The summed E-state index contributed by atoms with van der Waals surface area (Å²) in [7, 11) is 0. The molecule has 3 aromatic heterocycles. The molecule has 0 atom stereocenters. The minimum absolute atomic E-state index is 0. The second-order valence-corrected chi connectivity index (χ2v) is 16.6. The molecule has 0 amide bonds. The van der Waals surface area contributed by atoms with E-state index in [2.05, 4.69) is 98.9 Å². The number of benzene rings is 3. The van der Waals surface area contributed by atoms with Gasteiger partial charge in [-0.1, -0.05) is 110 Å². The van der Waals surface area contributed by atoms with E-state index in [1.54, 1.807) is 0 Å². The largest absolute Gasteiger partial charge is 0.512 e. The quantitative estimate of drug-likeness (QED) is 0.0894. The van der Waals surface area contributed by atoms with Crippen LogP contribution < -0.4 is 0 Å². The van der Waals surface area contributed by atoms with Crippen molar-refractivity contribution in [3.8, 4) is 21.7 Å². The van der Waals surface area contributed by atoms with E-state index in [1.807, 2.05) is 70.4 Å². The van der Waals surface area contributed by atoms with Crippen molar-refractivity contribution >= 4 is 59.4 Å². The molecule has 3 heterocycles. The molecule has 0 aliphatic rings. The molecule has 0 fully saturated rings. The number of aliphatic hydroxyl groups is 1. The van der Waals surface area contributed by atoms with Crippen LogP contribution >= 0.6 is 22.7 Å². The van der Waals surface area contributed by atoms with Crippen molar-refractivity contribution in [1.82, 2.24) is 4.98 Å². The van der Waals surface area contributed by atoms with Crippen molar-refractivity contribution in [1.29, 1.82) is 0 Å². The van der Waals surface area contributed by atoms with Crippen molar-refractivity contribution in [2.45, 2.75) is 93.4 Å². The van der Waals surface area contributed by atoms with Crippen LogP contribution in [0.3, 0.4) is 0 Å². The molecule has 50 heavy (non-hydrogen) atoms. The Morgan fingerprint density at radius 1 is 0.800 bits per heavy atom. The zero-order chi connectivity index (χ0) is 35.6. The van der Waals surface area contributed by atoms with Gasteiger partial charge in [0.15, 0.2) is 5.78 Å². The summed E-state index contributed by atoms with van der Waals surface area (Å²) in [6, 6.07) is 27.6. The minimum atomic E-state index is -0.337. The Balaban J connectivity index is 0.000000269. The number of allylic oxidation sites excluding steroid dienone is 2. The zero-order valence-electron chi connectivity index (χ0n) is 30.9. The average molecular weight is 881 g/mol. The van der Waals surface area contributed by atoms with Gasteiger partial charge in [0, 0.05) is 79.5 Å². The van der Waals surface area contributed by atoms with E-state index >= 15 is 0 Å². The first-order valence-corrected chi connectivity index (χ1v) is 19.2. The van der Waals surface area contributed by atoms with Crippen molar-refractivity contribution < 1.29 is 30.0 Å². The summed E-state index contributed by atoms with van der Waals surface area (Å²) in [4.78, 5) is 18.3. The second-order valence-electron chi connectivity index (χ2n) is 14.6. The van der Waals surface area contributed by atoms with Crippen LogP contribution in [-0.4, -0.2) is 15.9 Å². The van der Waals surface area contributed by atoms with Crippen LogP contribution in [0.4, 0.5) is 0 Å². The number of hydrogen-bond donors (Lipinski definition) is 1. The predicted molar refractivity (Wildman–Crippen MR) is 214 cm³/mol. The summed E-state index contributed by atoms with van der Waals surface area (Å²) in [5.74, 6) is 0.286. The Kier molecular flexibility index (Phi) is 12.7. The Morgan fingerprint density at radius 2 is 1.42 bits per heavy atom. The number of thiophene rings is 2. The van der Waals surface area contributed by atoms with Gasteiger partial charge in [-0.25, -0.2) is 0 Å². The SMILES string of the molecule is CC(C)(C)c1cc(-c2nccc3sc(-c4csc5ccccc45)cc23)[c-]c2ccccc12.CCC(C)(CC)C(=O)/C=C(\O)C(C)(CC)CC.[Ir]. The minimum Gasteiger partial charge on any atom is -0.512 e. The van der Waals surface area contributed by atoms with Gasteiger partial charge in [-0.15, -0.1) is 51.8 Å². The van der Waals surface area contributed by atoms with Crippen molar-refractivity contribution in [3.63, 3.8) is 0 Å². The van der Waals surface area contributed by atoms with Gasteiger partial charge in [-0.3, -0.25) is 9.78 Å². The average Bonchev–Trinajstić information content (AvgIpc) is 3.74. The van der Waals surface area contributed by atoms with Crippen LogP contribution in [0.25, 0.3) is 52.6 Å².